The summed E-state index contributed by atoms with van der Waals surface area (Å²) in [6.07, 6.45) is -7.08. The van der Waals surface area contributed by atoms with Crippen molar-refractivity contribution in [3.05, 3.63) is 42.0 Å². The molecular formula is C12H9F6N7. The highest BCUT2D eigenvalue weighted by atomic mass is 19.4. The highest BCUT2D eigenvalue weighted by molar-refractivity contribution is 5.98. The van der Waals surface area contributed by atoms with Gasteiger partial charge < -0.3 is 0 Å². The van der Waals surface area contributed by atoms with Gasteiger partial charge in [-0.2, -0.15) is 36.5 Å². The van der Waals surface area contributed by atoms with Gasteiger partial charge in [0.1, 0.15) is 5.70 Å². The Morgan fingerprint density at radius 3 is 1.88 bits per heavy atom. The molecule has 0 unspecified atom stereocenters. The summed E-state index contributed by atoms with van der Waals surface area (Å²) in [5.74, 6) is -3.47. The molecule has 0 amide bonds. The maximum Gasteiger partial charge on any atom is 0.451 e. The van der Waals surface area contributed by atoms with Crippen molar-refractivity contribution in [3.63, 3.8) is 0 Å². The minimum absolute atomic E-state index is 0.0989. The zero-order valence-corrected chi connectivity index (χ0v) is 12.4. The number of rotatable bonds is 4. The van der Waals surface area contributed by atoms with E-state index >= 15 is 0 Å². The van der Waals surface area contributed by atoms with Crippen LogP contribution in [0.3, 0.4) is 0 Å². The van der Waals surface area contributed by atoms with Gasteiger partial charge in [0.15, 0.2) is 11.6 Å². The van der Waals surface area contributed by atoms with Crippen molar-refractivity contribution in [2.45, 2.75) is 19.3 Å². The highest BCUT2D eigenvalue weighted by Gasteiger charge is 2.36. The molecule has 0 fully saturated rings. The van der Waals surface area contributed by atoms with Crippen LogP contribution in [0.4, 0.5) is 26.3 Å². The van der Waals surface area contributed by atoms with E-state index in [2.05, 4.69) is 31.7 Å². The Kier molecular flexibility index (Phi) is 4.76. The number of aromatic amines is 2. The van der Waals surface area contributed by atoms with Crippen LogP contribution < -0.4 is 0 Å². The monoisotopic (exact) mass is 365 g/mol. The molecule has 134 valence electrons. The number of halogens is 6. The van der Waals surface area contributed by atoms with E-state index in [0.29, 0.717) is 0 Å². The van der Waals surface area contributed by atoms with Gasteiger partial charge in [0, 0.05) is 0 Å². The Labute approximate surface area is 135 Å². The van der Waals surface area contributed by atoms with Crippen molar-refractivity contribution < 1.29 is 26.3 Å². The van der Waals surface area contributed by atoms with Crippen LogP contribution in [0.25, 0.3) is 5.70 Å². The van der Waals surface area contributed by atoms with Gasteiger partial charge in [0.05, 0.1) is 5.71 Å². The van der Waals surface area contributed by atoms with E-state index in [-0.39, 0.29) is 17.2 Å². The Morgan fingerprint density at radius 2 is 1.44 bits per heavy atom. The van der Waals surface area contributed by atoms with Crippen LogP contribution in [0.15, 0.2) is 23.7 Å². The van der Waals surface area contributed by atoms with Gasteiger partial charge in [-0.25, -0.2) is 15.0 Å². The third-order valence-electron chi connectivity index (χ3n) is 2.62. The van der Waals surface area contributed by atoms with Gasteiger partial charge in [-0.15, -0.1) is 0 Å². The smallest absolute Gasteiger partial charge is 0.255 e. The second-order valence-electron chi connectivity index (χ2n) is 4.50. The molecule has 2 heterocycles. The third-order valence-corrected chi connectivity index (χ3v) is 2.62. The molecule has 7 nitrogen and oxygen atoms in total. The molecule has 0 aliphatic heterocycles. The number of aromatic nitrogens is 6. The van der Waals surface area contributed by atoms with E-state index in [4.69, 9.17) is 0 Å². The van der Waals surface area contributed by atoms with Gasteiger partial charge in [-0.1, -0.05) is 12.7 Å². The minimum atomic E-state index is -4.74. The molecule has 2 aromatic rings. The molecular weight excluding hydrogens is 356 g/mol. The van der Waals surface area contributed by atoms with Crippen LogP contribution in [0.5, 0.6) is 0 Å². The van der Waals surface area contributed by atoms with Crippen LogP contribution in [0, 0.1) is 0 Å². The van der Waals surface area contributed by atoms with Crippen molar-refractivity contribution in [3.8, 4) is 0 Å². The number of H-pyrrole nitrogens is 2. The first-order chi connectivity index (χ1) is 11.5. The van der Waals surface area contributed by atoms with Crippen molar-refractivity contribution >= 4 is 11.4 Å². The van der Waals surface area contributed by atoms with Gasteiger partial charge in [0.2, 0.25) is 11.6 Å². The summed E-state index contributed by atoms with van der Waals surface area (Å²) in [5.41, 5.74) is -0.268. The van der Waals surface area contributed by atoms with Crippen LogP contribution in [0.1, 0.15) is 30.2 Å². The van der Waals surface area contributed by atoms with Crippen LogP contribution in [-0.2, 0) is 12.4 Å². The molecule has 0 aliphatic rings. The quantitative estimate of drug-likeness (QED) is 0.495. The first-order valence-electron chi connectivity index (χ1n) is 6.40. The molecule has 2 aromatic heterocycles. The Balaban J connectivity index is 2.37. The maximum atomic E-state index is 12.6. The van der Waals surface area contributed by atoms with Crippen molar-refractivity contribution in [2.24, 2.45) is 4.99 Å². The van der Waals surface area contributed by atoms with E-state index in [0.717, 1.165) is 0 Å². The summed E-state index contributed by atoms with van der Waals surface area (Å²) in [5, 5.41) is 10.2. The lowest BCUT2D eigenvalue weighted by Crippen LogP contribution is -2.08. The summed E-state index contributed by atoms with van der Waals surface area (Å²) < 4.78 is 75.2. The fraction of sp³-hybridized carbons (Fsp3) is 0.250. The minimum Gasteiger partial charge on any atom is -0.255 e. The SMILES string of the molecule is C=C/C=C(\N=C(C)c1n[nH]c(C(F)(F)F)n1)c1n[nH]c(C(F)(F)F)n1. The standard InChI is InChI=1S/C12H9F6N7/c1-3-4-6(8-21-10(25-23-8)12(16,17)18)19-5(2)7-20-9(24-22-7)11(13,14)15/h3-4H,1H2,2H3,(H,20,22,24)(H,21,23,25)/b6-4-,19-5?. The van der Waals surface area contributed by atoms with Crippen LogP contribution >= 0.6 is 0 Å². The summed E-state index contributed by atoms with van der Waals surface area (Å²) >= 11 is 0. The number of nitrogens with one attached hydrogen (secondary N) is 2. The summed E-state index contributed by atoms with van der Waals surface area (Å²) in [7, 11) is 0. The van der Waals surface area contributed by atoms with E-state index < -0.39 is 29.8 Å². The molecule has 0 aromatic carbocycles. The zero-order chi connectivity index (χ0) is 18.8. The lowest BCUT2D eigenvalue weighted by atomic mass is 10.3. The van der Waals surface area contributed by atoms with Gasteiger partial charge in [0.25, 0.3) is 0 Å². The van der Waals surface area contributed by atoms with E-state index in [9.17, 15) is 26.3 Å². The van der Waals surface area contributed by atoms with Crippen molar-refractivity contribution in [2.75, 3.05) is 0 Å². The Hall–Kier alpha value is -2.99. The van der Waals surface area contributed by atoms with Crippen molar-refractivity contribution in [1.29, 1.82) is 0 Å². The average Bonchev–Trinajstić information content (AvgIpc) is 3.15. The fourth-order valence-electron chi connectivity index (χ4n) is 1.56. The second-order valence-corrected chi connectivity index (χ2v) is 4.50. The molecule has 0 bridgehead atoms. The molecule has 2 N–H and O–H groups in total. The number of aliphatic imine (C=N–C) groups is 1. The predicted octanol–water partition coefficient (Wildman–Crippen LogP) is 3.00. The third kappa shape index (κ3) is 4.30. The molecule has 0 atom stereocenters. The summed E-state index contributed by atoms with van der Waals surface area (Å²) in [4.78, 5) is 10.4. The fourth-order valence-corrected chi connectivity index (χ4v) is 1.56. The second kappa shape index (κ2) is 6.49. The Morgan fingerprint density at radius 1 is 0.960 bits per heavy atom. The number of hydrogen-bond donors (Lipinski definition) is 2. The number of alkyl halides is 6. The molecule has 0 aliphatic carbocycles. The topological polar surface area (TPSA) is 95.5 Å². The first-order valence-corrected chi connectivity index (χ1v) is 6.40. The van der Waals surface area contributed by atoms with E-state index in [1.807, 2.05) is 0 Å². The van der Waals surface area contributed by atoms with Crippen LogP contribution in [-0.4, -0.2) is 36.1 Å². The summed E-state index contributed by atoms with van der Waals surface area (Å²) in [6.45, 7) is 4.65. The maximum absolute atomic E-state index is 12.6. The molecule has 0 saturated carbocycles. The zero-order valence-electron chi connectivity index (χ0n) is 12.4. The van der Waals surface area contributed by atoms with Gasteiger partial charge in [-0.05, 0) is 13.0 Å². The van der Waals surface area contributed by atoms with E-state index in [1.54, 1.807) is 10.2 Å². The number of hydrogen-bond acceptors (Lipinski definition) is 5. The molecule has 0 spiro atoms. The van der Waals surface area contributed by atoms with Gasteiger partial charge in [-0.3, -0.25) is 10.2 Å². The normalized spacial score (nSPS) is 14.0. The highest BCUT2D eigenvalue weighted by Crippen LogP contribution is 2.27. The average molecular weight is 365 g/mol. The lowest BCUT2D eigenvalue weighted by Gasteiger charge is -2.00. The molecule has 0 saturated heterocycles. The van der Waals surface area contributed by atoms with Gasteiger partial charge >= 0.3 is 12.4 Å². The molecule has 2 rings (SSSR count). The molecule has 25 heavy (non-hydrogen) atoms. The summed E-state index contributed by atoms with van der Waals surface area (Å²) in [6, 6.07) is 0. The largest absolute Gasteiger partial charge is 0.451 e. The number of nitrogens with zero attached hydrogens (tertiary/aromatic N) is 5. The molecule has 13 heteroatoms. The van der Waals surface area contributed by atoms with Crippen molar-refractivity contribution in [1.82, 2.24) is 30.4 Å². The first kappa shape index (κ1) is 18.4. The lowest BCUT2D eigenvalue weighted by molar-refractivity contribution is -0.145. The predicted molar refractivity (Wildman–Crippen MR) is 73.2 cm³/mol. The number of allylic oxidation sites excluding steroid dienone is 2. The van der Waals surface area contributed by atoms with E-state index in [1.165, 1.54) is 19.1 Å². The molecule has 0 radical (unpaired) electrons. The van der Waals surface area contributed by atoms with Crippen LogP contribution in [0.2, 0.25) is 0 Å². The Bertz CT molecular complexity index is 824.